The molecule has 0 saturated heterocycles. The van der Waals surface area contributed by atoms with Gasteiger partial charge >= 0.3 is 0 Å². The molecule has 2 heterocycles. The second-order valence-electron chi connectivity index (χ2n) is 2.78. The molecule has 0 unspecified atom stereocenters. The molecule has 0 fully saturated rings. The zero-order valence-corrected chi connectivity index (χ0v) is 9.29. The molecule has 0 amide bonds. The number of hydrogen-bond acceptors (Lipinski definition) is 6. The van der Waals surface area contributed by atoms with Gasteiger partial charge in [-0.25, -0.2) is 19.3 Å². The first kappa shape index (κ1) is 10.9. The molecule has 0 aromatic carbocycles. The number of anilines is 1. The van der Waals surface area contributed by atoms with E-state index in [2.05, 4.69) is 20.3 Å². The molecule has 0 bridgehead atoms. The normalized spacial score (nSPS) is 10.4. The van der Waals surface area contributed by atoms with Crippen LogP contribution in [0.5, 0.6) is 0 Å². The molecule has 0 aliphatic heterocycles. The largest absolute Gasteiger partial charge is 0.440 e. The molecule has 0 atom stereocenters. The van der Waals surface area contributed by atoms with Crippen molar-refractivity contribution in [1.29, 1.82) is 0 Å². The summed E-state index contributed by atoms with van der Waals surface area (Å²) in [5.74, 6) is -0.109. The summed E-state index contributed by atoms with van der Waals surface area (Å²) in [7, 11) is 0. The summed E-state index contributed by atoms with van der Waals surface area (Å²) in [6, 6.07) is 0. The van der Waals surface area contributed by atoms with Gasteiger partial charge in [0.2, 0.25) is 5.95 Å². The van der Waals surface area contributed by atoms with Crippen LogP contribution in [0, 0.1) is 5.82 Å². The lowest BCUT2D eigenvalue weighted by Crippen LogP contribution is -2.03. The average Bonchev–Trinajstić information content (AvgIpc) is 2.76. The average molecular weight is 240 g/mol. The number of rotatable bonds is 4. The Morgan fingerprint density at radius 3 is 3.06 bits per heavy atom. The predicted molar refractivity (Wildman–Crippen MR) is 56.8 cm³/mol. The Morgan fingerprint density at radius 2 is 2.38 bits per heavy atom. The van der Waals surface area contributed by atoms with E-state index in [1.807, 2.05) is 6.92 Å². The van der Waals surface area contributed by atoms with Crippen LogP contribution in [0.25, 0.3) is 0 Å². The van der Waals surface area contributed by atoms with Gasteiger partial charge < -0.3 is 9.73 Å². The summed E-state index contributed by atoms with van der Waals surface area (Å²) in [5, 5.41) is 3.44. The van der Waals surface area contributed by atoms with Crippen molar-refractivity contribution in [2.24, 2.45) is 0 Å². The van der Waals surface area contributed by atoms with Crippen molar-refractivity contribution in [3.63, 3.8) is 0 Å². The topological polar surface area (TPSA) is 63.8 Å². The van der Waals surface area contributed by atoms with Crippen molar-refractivity contribution in [3.05, 3.63) is 24.5 Å². The van der Waals surface area contributed by atoms with Gasteiger partial charge in [-0.1, -0.05) is 0 Å². The minimum absolute atomic E-state index is 0.188. The van der Waals surface area contributed by atoms with Gasteiger partial charge in [-0.15, -0.1) is 0 Å². The van der Waals surface area contributed by atoms with Gasteiger partial charge in [0, 0.05) is 6.54 Å². The summed E-state index contributed by atoms with van der Waals surface area (Å²) < 4.78 is 18.4. The Kier molecular flexibility index (Phi) is 3.35. The quantitative estimate of drug-likeness (QED) is 0.826. The fraction of sp³-hybridized carbons (Fsp3) is 0.222. The molecule has 84 valence electrons. The smallest absolute Gasteiger partial charge is 0.262 e. The van der Waals surface area contributed by atoms with E-state index in [4.69, 9.17) is 4.42 Å². The fourth-order valence-electron chi connectivity index (χ4n) is 1.01. The Hall–Kier alpha value is -1.63. The van der Waals surface area contributed by atoms with Crippen LogP contribution in [0.2, 0.25) is 0 Å². The lowest BCUT2D eigenvalue weighted by molar-refractivity contribution is 0.453. The van der Waals surface area contributed by atoms with E-state index in [0.29, 0.717) is 17.7 Å². The summed E-state index contributed by atoms with van der Waals surface area (Å²) in [6.45, 7) is 2.59. The molecular weight excluding hydrogens is 231 g/mol. The second kappa shape index (κ2) is 4.93. The maximum atomic E-state index is 13.4. The number of oxazole rings is 1. The number of hydrogen-bond donors (Lipinski definition) is 1. The molecule has 2 aromatic heterocycles. The molecule has 1 N–H and O–H groups in total. The summed E-state index contributed by atoms with van der Waals surface area (Å²) in [6.07, 6.45) is 4.04. The van der Waals surface area contributed by atoms with Gasteiger partial charge in [0.05, 0.1) is 12.4 Å². The fourth-order valence-corrected chi connectivity index (χ4v) is 1.67. The van der Waals surface area contributed by atoms with Crippen molar-refractivity contribution in [2.45, 2.75) is 17.2 Å². The van der Waals surface area contributed by atoms with E-state index in [1.54, 1.807) is 0 Å². The maximum Gasteiger partial charge on any atom is 0.262 e. The SMILES string of the molecule is CCNc1ncc(F)c(Sc2ncco2)n1. The Balaban J connectivity index is 2.21. The van der Waals surface area contributed by atoms with Crippen LogP contribution in [0.4, 0.5) is 10.3 Å². The van der Waals surface area contributed by atoms with Crippen LogP contribution < -0.4 is 5.32 Å². The van der Waals surface area contributed by atoms with Crippen molar-refractivity contribution in [2.75, 3.05) is 11.9 Å². The first-order valence-electron chi connectivity index (χ1n) is 4.63. The van der Waals surface area contributed by atoms with E-state index in [-0.39, 0.29) is 5.03 Å². The Labute approximate surface area is 95.5 Å². The maximum absolute atomic E-state index is 13.4. The van der Waals surface area contributed by atoms with E-state index in [0.717, 1.165) is 18.0 Å². The minimum atomic E-state index is -0.496. The van der Waals surface area contributed by atoms with Crippen LogP contribution in [0.15, 0.2) is 33.3 Å². The van der Waals surface area contributed by atoms with Crippen LogP contribution in [0.1, 0.15) is 6.92 Å². The van der Waals surface area contributed by atoms with Crippen molar-refractivity contribution >= 4 is 17.7 Å². The highest BCUT2D eigenvalue weighted by Crippen LogP contribution is 2.26. The molecule has 0 spiro atoms. The summed E-state index contributed by atoms with van der Waals surface area (Å²) >= 11 is 1.02. The van der Waals surface area contributed by atoms with Crippen LogP contribution >= 0.6 is 11.8 Å². The monoisotopic (exact) mass is 240 g/mol. The van der Waals surface area contributed by atoms with Gasteiger partial charge in [0.25, 0.3) is 5.22 Å². The molecule has 16 heavy (non-hydrogen) atoms. The second-order valence-corrected chi connectivity index (χ2v) is 3.72. The highest BCUT2D eigenvalue weighted by atomic mass is 32.2. The van der Waals surface area contributed by atoms with Crippen LogP contribution in [0.3, 0.4) is 0 Å². The van der Waals surface area contributed by atoms with Gasteiger partial charge in [-0.2, -0.15) is 0 Å². The van der Waals surface area contributed by atoms with Crippen LogP contribution in [-0.2, 0) is 0 Å². The number of nitrogens with one attached hydrogen (secondary N) is 1. The van der Waals surface area contributed by atoms with Crippen molar-refractivity contribution < 1.29 is 8.81 Å². The highest BCUT2D eigenvalue weighted by Gasteiger charge is 2.10. The van der Waals surface area contributed by atoms with Crippen molar-refractivity contribution in [1.82, 2.24) is 15.0 Å². The third-order valence-corrected chi connectivity index (χ3v) is 2.50. The molecule has 5 nitrogen and oxygen atoms in total. The van der Waals surface area contributed by atoms with E-state index in [1.165, 1.54) is 12.5 Å². The zero-order valence-electron chi connectivity index (χ0n) is 8.48. The summed E-state index contributed by atoms with van der Waals surface area (Å²) in [4.78, 5) is 11.7. The first-order valence-corrected chi connectivity index (χ1v) is 5.45. The standard InChI is InChI=1S/C9H9FN4OS/c1-2-11-8-13-5-6(10)7(14-8)16-9-12-3-4-15-9/h3-5H,2H2,1H3,(H,11,13,14). The number of aromatic nitrogens is 3. The van der Waals surface area contributed by atoms with E-state index < -0.39 is 5.82 Å². The third kappa shape index (κ3) is 2.48. The molecule has 0 radical (unpaired) electrons. The third-order valence-electron chi connectivity index (χ3n) is 1.64. The molecule has 2 aromatic rings. The Bertz CT molecular complexity index is 463. The summed E-state index contributed by atoms with van der Waals surface area (Å²) in [5.41, 5.74) is 0. The van der Waals surface area contributed by atoms with Crippen molar-refractivity contribution in [3.8, 4) is 0 Å². The van der Waals surface area contributed by atoms with Gasteiger partial charge in [-0.3, -0.25) is 0 Å². The molecule has 2 rings (SSSR count). The first-order chi connectivity index (χ1) is 7.79. The van der Waals surface area contributed by atoms with E-state index >= 15 is 0 Å². The lowest BCUT2D eigenvalue weighted by Gasteiger charge is -2.03. The molecule has 0 aliphatic rings. The Morgan fingerprint density at radius 1 is 1.50 bits per heavy atom. The molecule has 7 heteroatoms. The van der Waals surface area contributed by atoms with E-state index in [9.17, 15) is 4.39 Å². The lowest BCUT2D eigenvalue weighted by atomic mass is 10.6. The predicted octanol–water partition coefficient (Wildman–Crippen LogP) is 2.19. The van der Waals surface area contributed by atoms with Gasteiger partial charge in [0.15, 0.2) is 5.82 Å². The number of halogens is 1. The van der Waals surface area contributed by atoms with Gasteiger partial charge in [-0.05, 0) is 18.7 Å². The highest BCUT2D eigenvalue weighted by molar-refractivity contribution is 7.99. The van der Waals surface area contributed by atoms with Crippen LogP contribution in [-0.4, -0.2) is 21.5 Å². The minimum Gasteiger partial charge on any atom is -0.440 e. The molecule has 0 aliphatic carbocycles. The molecular formula is C9H9FN4OS. The number of nitrogens with zero attached hydrogens (tertiary/aromatic N) is 3. The molecule has 0 saturated carbocycles. The zero-order chi connectivity index (χ0) is 11.4. The van der Waals surface area contributed by atoms with Gasteiger partial charge in [0.1, 0.15) is 11.3 Å².